The maximum Gasteiger partial charge on any atom is 0.271 e. The molecule has 1 aromatic carbocycles. The van der Waals surface area contributed by atoms with Gasteiger partial charge in [0.2, 0.25) is 0 Å². The van der Waals surface area contributed by atoms with Gasteiger partial charge in [-0.15, -0.1) is 0 Å². The third-order valence-corrected chi connectivity index (χ3v) is 2.49. The zero-order valence-corrected chi connectivity index (χ0v) is 10.4. The molecule has 0 aliphatic carbocycles. The van der Waals surface area contributed by atoms with Gasteiger partial charge < -0.3 is 11.1 Å². The Morgan fingerprint density at radius 2 is 2.11 bits per heavy atom. The molecule has 98 valence electrons. The van der Waals surface area contributed by atoms with Gasteiger partial charge in [0.25, 0.3) is 11.6 Å². The normalized spacial score (nSPS) is 10.1. The first-order chi connectivity index (χ1) is 8.54. The molecule has 7 heteroatoms. The Bertz CT molecular complexity index is 451. The van der Waals surface area contributed by atoms with Crippen LogP contribution in [0.2, 0.25) is 5.02 Å². The van der Waals surface area contributed by atoms with Gasteiger partial charge in [-0.1, -0.05) is 11.6 Å². The second-order valence-corrected chi connectivity index (χ2v) is 4.14. The van der Waals surface area contributed by atoms with E-state index in [9.17, 15) is 14.9 Å². The lowest BCUT2D eigenvalue weighted by atomic mass is 10.2. The van der Waals surface area contributed by atoms with Crippen molar-refractivity contribution >= 4 is 23.2 Å². The van der Waals surface area contributed by atoms with Crippen molar-refractivity contribution in [3.63, 3.8) is 0 Å². The summed E-state index contributed by atoms with van der Waals surface area (Å²) < 4.78 is 0. The maximum atomic E-state index is 11.7. The Morgan fingerprint density at radius 1 is 1.39 bits per heavy atom. The van der Waals surface area contributed by atoms with Gasteiger partial charge in [0.1, 0.15) is 0 Å². The lowest BCUT2D eigenvalue weighted by Gasteiger charge is -2.05. The number of carbonyl (C=O) groups excluding carboxylic acids is 1. The van der Waals surface area contributed by atoms with E-state index in [0.29, 0.717) is 13.1 Å². The summed E-state index contributed by atoms with van der Waals surface area (Å²) >= 11 is 5.72. The van der Waals surface area contributed by atoms with E-state index >= 15 is 0 Å². The Labute approximate surface area is 109 Å². The van der Waals surface area contributed by atoms with Crippen LogP contribution >= 0.6 is 11.6 Å². The summed E-state index contributed by atoms with van der Waals surface area (Å²) in [6, 6.07) is 3.80. The van der Waals surface area contributed by atoms with Gasteiger partial charge in [-0.05, 0) is 25.5 Å². The number of halogens is 1. The molecular weight excluding hydrogens is 258 g/mol. The van der Waals surface area contributed by atoms with Crippen molar-refractivity contribution < 1.29 is 9.72 Å². The highest BCUT2D eigenvalue weighted by Gasteiger charge is 2.13. The summed E-state index contributed by atoms with van der Waals surface area (Å²) in [6.07, 6.45) is 1.58. The fraction of sp³-hybridized carbons (Fsp3) is 0.364. The number of nitrogens with zero attached hydrogens (tertiary/aromatic N) is 1. The molecule has 3 N–H and O–H groups in total. The molecule has 6 nitrogen and oxygen atoms in total. The molecule has 0 radical (unpaired) electrons. The number of nitro benzene ring substituents is 1. The van der Waals surface area contributed by atoms with E-state index < -0.39 is 4.92 Å². The number of hydrogen-bond donors (Lipinski definition) is 2. The van der Waals surface area contributed by atoms with Crippen molar-refractivity contribution in [2.45, 2.75) is 12.8 Å². The van der Waals surface area contributed by atoms with E-state index in [4.69, 9.17) is 17.3 Å². The monoisotopic (exact) mass is 271 g/mol. The average Bonchev–Trinajstić information content (AvgIpc) is 2.33. The standard InChI is InChI=1S/C11H14ClN3O3/c12-9-5-8(6-10(7-9)15(17)18)11(16)14-4-2-1-3-13/h5-7H,1-4,13H2,(H,14,16). The molecule has 1 aromatic rings. The van der Waals surface area contributed by atoms with Gasteiger partial charge in [0, 0.05) is 29.3 Å². The molecule has 1 amide bonds. The zero-order valence-electron chi connectivity index (χ0n) is 9.69. The molecule has 0 aliphatic rings. The van der Waals surface area contributed by atoms with E-state index in [-0.39, 0.29) is 22.2 Å². The predicted octanol–water partition coefficient (Wildman–Crippen LogP) is 1.72. The first kappa shape index (κ1) is 14.4. The van der Waals surface area contributed by atoms with Crippen LogP contribution in [-0.2, 0) is 0 Å². The van der Waals surface area contributed by atoms with Crippen LogP contribution in [0, 0.1) is 10.1 Å². The number of nitro groups is 1. The van der Waals surface area contributed by atoms with Gasteiger partial charge in [0.15, 0.2) is 0 Å². The van der Waals surface area contributed by atoms with Crippen molar-refractivity contribution in [2.24, 2.45) is 5.73 Å². The second kappa shape index (κ2) is 6.93. The summed E-state index contributed by atoms with van der Waals surface area (Å²) in [5.74, 6) is -0.377. The minimum Gasteiger partial charge on any atom is -0.352 e. The van der Waals surface area contributed by atoms with E-state index in [2.05, 4.69) is 5.32 Å². The molecule has 0 aliphatic heterocycles. The number of hydrogen-bond acceptors (Lipinski definition) is 4. The van der Waals surface area contributed by atoms with Crippen LogP contribution < -0.4 is 11.1 Å². The Morgan fingerprint density at radius 3 is 2.72 bits per heavy atom. The van der Waals surface area contributed by atoms with E-state index in [1.165, 1.54) is 18.2 Å². The number of rotatable bonds is 6. The molecule has 0 fully saturated rings. The van der Waals surface area contributed by atoms with Crippen LogP contribution in [0.5, 0.6) is 0 Å². The smallest absolute Gasteiger partial charge is 0.271 e. The highest BCUT2D eigenvalue weighted by molar-refractivity contribution is 6.31. The first-order valence-corrected chi connectivity index (χ1v) is 5.85. The number of benzene rings is 1. The average molecular weight is 272 g/mol. The van der Waals surface area contributed by atoms with Crippen LogP contribution in [0.15, 0.2) is 18.2 Å². The number of unbranched alkanes of at least 4 members (excludes halogenated alkanes) is 1. The van der Waals surface area contributed by atoms with Crippen LogP contribution in [0.4, 0.5) is 5.69 Å². The quantitative estimate of drug-likeness (QED) is 0.467. The molecule has 18 heavy (non-hydrogen) atoms. The minimum absolute atomic E-state index is 0.163. The molecule has 1 rings (SSSR count). The number of nitrogens with two attached hydrogens (primary N) is 1. The lowest BCUT2D eigenvalue weighted by Crippen LogP contribution is -2.24. The molecule has 0 spiro atoms. The van der Waals surface area contributed by atoms with E-state index in [0.717, 1.165) is 12.8 Å². The van der Waals surface area contributed by atoms with Crippen molar-refractivity contribution in [3.05, 3.63) is 38.9 Å². The Kier molecular flexibility index (Phi) is 5.54. The number of non-ortho nitro benzene ring substituents is 1. The third-order valence-electron chi connectivity index (χ3n) is 2.27. The zero-order chi connectivity index (χ0) is 13.5. The fourth-order valence-electron chi connectivity index (χ4n) is 1.38. The first-order valence-electron chi connectivity index (χ1n) is 5.48. The number of nitrogens with one attached hydrogen (secondary N) is 1. The van der Waals surface area contributed by atoms with E-state index in [1.54, 1.807) is 0 Å². The predicted molar refractivity (Wildman–Crippen MR) is 68.7 cm³/mol. The van der Waals surface area contributed by atoms with Crippen LogP contribution in [0.1, 0.15) is 23.2 Å². The van der Waals surface area contributed by atoms with Crippen molar-refractivity contribution in [1.29, 1.82) is 0 Å². The summed E-state index contributed by atoms with van der Waals surface area (Å²) in [5.41, 5.74) is 5.31. The fourth-order valence-corrected chi connectivity index (χ4v) is 1.61. The third kappa shape index (κ3) is 4.31. The highest BCUT2D eigenvalue weighted by atomic mass is 35.5. The largest absolute Gasteiger partial charge is 0.352 e. The van der Waals surface area contributed by atoms with Gasteiger partial charge in [0.05, 0.1) is 4.92 Å². The molecule has 0 unspecified atom stereocenters. The molecule has 0 saturated carbocycles. The van der Waals surface area contributed by atoms with Crippen molar-refractivity contribution in [1.82, 2.24) is 5.32 Å². The highest BCUT2D eigenvalue weighted by Crippen LogP contribution is 2.20. The molecular formula is C11H14ClN3O3. The summed E-state index contributed by atoms with van der Waals surface area (Å²) in [7, 11) is 0. The molecule has 0 atom stereocenters. The van der Waals surface area contributed by atoms with Crippen LogP contribution in [-0.4, -0.2) is 23.9 Å². The SMILES string of the molecule is NCCCCNC(=O)c1cc(Cl)cc([N+](=O)[O-])c1. The Balaban J connectivity index is 2.70. The van der Waals surface area contributed by atoms with Gasteiger partial charge >= 0.3 is 0 Å². The summed E-state index contributed by atoms with van der Waals surface area (Å²) in [5, 5.41) is 13.4. The second-order valence-electron chi connectivity index (χ2n) is 3.71. The van der Waals surface area contributed by atoms with E-state index in [1.807, 2.05) is 0 Å². The summed E-state index contributed by atoms with van der Waals surface area (Å²) in [6.45, 7) is 1.05. The topological polar surface area (TPSA) is 98.3 Å². The number of carbonyl (C=O) groups is 1. The Hall–Kier alpha value is -1.66. The molecule has 0 aromatic heterocycles. The van der Waals surface area contributed by atoms with Gasteiger partial charge in [-0.3, -0.25) is 14.9 Å². The maximum absolute atomic E-state index is 11.7. The van der Waals surface area contributed by atoms with Gasteiger partial charge in [-0.2, -0.15) is 0 Å². The summed E-state index contributed by atoms with van der Waals surface area (Å²) in [4.78, 5) is 21.8. The molecule has 0 saturated heterocycles. The molecule has 0 heterocycles. The minimum atomic E-state index is -0.586. The van der Waals surface area contributed by atoms with Crippen LogP contribution in [0.25, 0.3) is 0 Å². The van der Waals surface area contributed by atoms with Crippen molar-refractivity contribution in [3.8, 4) is 0 Å². The lowest BCUT2D eigenvalue weighted by molar-refractivity contribution is -0.384. The van der Waals surface area contributed by atoms with Crippen molar-refractivity contribution in [2.75, 3.05) is 13.1 Å². The molecule has 0 bridgehead atoms. The van der Waals surface area contributed by atoms with Crippen LogP contribution in [0.3, 0.4) is 0 Å². The number of amides is 1. The van der Waals surface area contributed by atoms with Gasteiger partial charge in [-0.25, -0.2) is 0 Å².